The van der Waals surface area contributed by atoms with Crippen LogP contribution >= 0.6 is 0 Å². The predicted octanol–water partition coefficient (Wildman–Crippen LogP) is -0.144. The van der Waals surface area contributed by atoms with Gasteiger partial charge in [-0.15, -0.1) is 0 Å². The van der Waals surface area contributed by atoms with Crippen LogP contribution in [0.25, 0.3) is 0 Å². The van der Waals surface area contributed by atoms with Gasteiger partial charge in [-0.3, -0.25) is 0 Å². The maximum atomic E-state index is 8.60. The van der Waals surface area contributed by atoms with E-state index in [-0.39, 0.29) is 6.61 Å². The van der Waals surface area contributed by atoms with Crippen LogP contribution in [0.1, 0.15) is 0 Å². The first-order chi connectivity index (χ1) is 31.3. The summed E-state index contributed by atoms with van der Waals surface area (Å²) in [7, 11) is 4.04. The topological polar surface area (TPSA) is 199 Å². The second kappa shape index (κ2) is 59.2. The van der Waals surface area contributed by atoms with E-state index in [2.05, 4.69) is 4.90 Å². The van der Waals surface area contributed by atoms with Crippen LogP contribution in [0.2, 0.25) is 0 Å². The van der Waals surface area contributed by atoms with Crippen LogP contribution in [-0.4, -0.2) is 288 Å². The van der Waals surface area contributed by atoms with Crippen LogP contribution in [0.15, 0.2) is 0 Å². The van der Waals surface area contributed by atoms with Crippen molar-refractivity contribution >= 4 is 0 Å². The summed E-state index contributed by atoms with van der Waals surface area (Å²) in [5, 5.41) is 8.60. The van der Waals surface area contributed by atoms with Crippen molar-refractivity contribution in [2.75, 3.05) is 278 Å². The van der Waals surface area contributed by atoms with Crippen molar-refractivity contribution in [2.45, 2.75) is 0 Å². The van der Waals surface area contributed by atoms with Gasteiger partial charge in [-0.25, -0.2) is 0 Å². The second-order valence-electron chi connectivity index (χ2n) is 13.2. The number of rotatable bonds is 59. The van der Waals surface area contributed by atoms with Gasteiger partial charge in [0.1, 0.15) is 0 Å². The lowest BCUT2D eigenvalue weighted by molar-refractivity contribution is -0.0313. The molecule has 0 rings (SSSR count). The molecule has 0 aromatic carbocycles. The highest BCUT2D eigenvalue weighted by Crippen LogP contribution is 1.90. The van der Waals surface area contributed by atoms with Crippen LogP contribution < -0.4 is 0 Å². The molecule has 0 aromatic rings. The van der Waals surface area contributed by atoms with Crippen LogP contribution in [-0.2, 0) is 90.0 Å². The summed E-state index contributed by atoms with van der Waals surface area (Å²) < 4.78 is 104. The van der Waals surface area contributed by atoms with Crippen molar-refractivity contribution in [2.24, 2.45) is 0 Å². The summed E-state index contributed by atoms with van der Waals surface area (Å²) in [6.07, 6.45) is 0. The van der Waals surface area contributed by atoms with E-state index in [0.717, 1.165) is 6.54 Å². The standard InChI is InChI=1S/C42H87NO20/c1-43(2)3-5-45-7-9-47-11-13-49-15-17-51-19-21-53-23-25-55-27-29-57-31-33-59-35-37-61-39-41-63-42-40-62-38-36-60-34-32-58-30-28-56-26-24-54-22-20-52-18-16-50-14-12-48-10-8-46-6-4-44/h44H,3-42H2,1-2H3. The molecule has 0 aliphatic rings. The average molecular weight is 926 g/mol. The van der Waals surface area contributed by atoms with Crippen molar-refractivity contribution in [1.82, 2.24) is 4.90 Å². The molecule has 0 atom stereocenters. The molecule has 0 saturated carbocycles. The molecule has 0 unspecified atom stereocenters. The highest BCUT2D eigenvalue weighted by molar-refractivity contribution is 4.43. The van der Waals surface area contributed by atoms with Gasteiger partial charge >= 0.3 is 0 Å². The Morgan fingerprint density at radius 3 is 0.413 bits per heavy atom. The molecule has 21 heteroatoms. The first kappa shape index (κ1) is 62.2. The van der Waals surface area contributed by atoms with Gasteiger partial charge in [-0.2, -0.15) is 0 Å². The van der Waals surface area contributed by atoms with Crippen molar-refractivity contribution in [3.05, 3.63) is 0 Å². The lowest BCUT2D eigenvalue weighted by atomic mass is 10.6. The molecular formula is C42H87NO20. The summed E-state index contributed by atoms with van der Waals surface area (Å²) in [5.41, 5.74) is 0. The molecule has 0 radical (unpaired) electrons. The molecule has 0 fully saturated rings. The number of aliphatic hydroxyl groups excluding tert-OH is 1. The fraction of sp³-hybridized carbons (Fsp3) is 1.00. The van der Waals surface area contributed by atoms with E-state index < -0.39 is 0 Å². The van der Waals surface area contributed by atoms with Gasteiger partial charge in [-0.05, 0) is 14.1 Å². The minimum atomic E-state index is 0.0204. The Morgan fingerprint density at radius 1 is 0.190 bits per heavy atom. The number of ether oxygens (including phenoxy) is 19. The number of hydrogen-bond acceptors (Lipinski definition) is 21. The lowest BCUT2D eigenvalue weighted by Crippen LogP contribution is -2.19. The van der Waals surface area contributed by atoms with E-state index in [1.165, 1.54) is 0 Å². The largest absolute Gasteiger partial charge is 0.394 e. The fourth-order valence-electron chi connectivity index (χ4n) is 4.37. The third kappa shape index (κ3) is 61.2. The summed E-state index contributed by atoms with van der Waals surface area (Å²) in [6.45, 7) is 20.1. The average Bonchev–Trinajstić information content (AvgIpc) is 3.28. The SMILES string of the molecule is CN(C)CCOCCOCCOCCOCCOCCOCCOCCOCCOCCOCCOCCOCCOCCOCCOCCOCCOCCOCCOCCO. The molecule has 0 bridgehead atoms. The number of nitrogens with zero attached hydrogens (tertiary/aromatic N) is 1. The number of likely N-dealkylation sites (N-methyl/N-ethyl adjacent to an activating group) is 1. The van der Waals surface area contributed by atoms with E-state index in [1.54, 1.807) is 0 Å². The van der Waals surface area contributed by atoms with Crippen LogP contribution in [0.5, 0.6) is 0 Å². The van der Waals surface area contributed by atoms with Gasteiger partial charge in [-0.1, -0.05) is 0 Å². The van der Waals surface area contributed by atoms with Crippen LogP contribution in [0.3, 0.4) is 0 Å². The molecule has 1 N–H and O–H groups in total. The summed E-state index contributed by atoms with van der Waals surface area (Å²) in [5.74, 6) is 0. The Morgan fingerprint density at radius 2 is 0.302 bits per heavy atom. The van der Waals surface area contributed by atoms with Crippen molar-refractivity contribution in [1.29, 1.82) is 0 Å². The smallest absolute Gasteiger partial charge is 0.0701 e. The molecule has 0 aliphatic heterocycles. The minimum Gasteiger partial charge on any atom is -0.394 e. The highest BCUT2D eigenvalue weighted by Gasteiger charge is 1.99. The Kier molecular flexibility index (Phi) is 58.4. The van der Waals surface area contributed by atoms with Gasteiger partial charge < -0.3 is 100 Å². The van der Waals surface area contributed by atoms with Crippen molar-refractivity contribution in [3.8, 4) is 0 Å². The Labute approximate surface area is 377 Å². The number of hydrogen-bond donors (Lipinski definition) is 1. The molecule has 0 spiro atoms. The summed E-state index contributed by atoms with van der Waals surface area (Å²) in [4.78, 5) is 2.08. The van der Waals surface area contributed by atoms with E-state index in [9.17, 15) is 0 Å². The molecule has 0 heterocycles. The normalized spacial score (nSPS) is 11.8. The maximum Gasteiger partial charge on any atom is 0.0701 e. The van der Waals surface area contributed by atoms with Gasteiger partial charge in [0.15, 0.2) is 0 Å². The Bertz CT molecular complexity index is 800. The molecule has 0 saturated heterocycles. The minimum absolute atomic E-state index is 0.0204. The number of aliphatic hydroxyl groups is 1. The second-order valence-corrected chi connectivity index (χ2v) is 13.2. The van der Waals surface area contributed by atoms with Gasteiger partial charge in [0, 0.05) is 6.54 Å². The molecule has 0 aliphatic carbocycles. The van der Waals surface area contributed by atoms with Gasteiger partial charge in [0.05, 0.1) is 258 Å². The van der Waals surface area contributed by atoms with E-state index in [1.807, 2.05) is 14.1 Å². The first-order valence-electron chi connectivity index (χ1n) is 22.5. The van der Waals surface area contributed by atoms with Crippen molar-refractivity contribution in [3.63, 3.8) is 0 Å². The predicted molar refractivity (Wildman–Crippen MR) is 231 cm³/mol. The third-order valence-electron chi connectivity index (χ3n) is 7.61. The zero-order valence-electron chi connectivity index (χ0n) is 38.9. The lowest BCUT2D eigenvalue weighted by Gasteiger charge is -2.10. The Hall–Kier alpha value is -0.840. The van der Waals surface area contributed by atoms with E-state index in [4.69, 9.17) is 95.1 Å². The summed E-state index contributed by atoms with van der Waals surface area (Å²) >= 11 is 0. The summed E-state index contributed by atoms with van der Waals surface area (Å²) in [6, 6.07) is 0. The third-order valence-corrected chi connectivity index (χ3v) is 7.61. The zero-order valence-corrected chi connectivity index (χ0v) is 38.9. The zero-order chi connectivity index (χ0) is 45.3. The molecule has 0 amide bonds. The molecule has 380 valence electrons. The first-order valence-corrected chi connectivity index (χ1v) is 22.5. The van der Waals surface area contributed by atoms with Crippen LogP contribution in [0, 0.1) is 0 Å². The molecule has 63 heavy (non-hydrogen) atoms. The molecule has 0 aromatic heterocycles. The molecule has 21 nitrogen and oxygen atoms in total. The van der Waals surface area contributed by atoms with Crippen LogP contribution in [0.4, 0.5) is 0 Å². The fourth-order valence-corrected chi connectivity index (χ4v) is 4.37. The maximum absolute atomic E-state index is 8.60. The highest BCUT2D eigenvalue weighted by atomic mass is 16.6. The quantitative estimate of drug-likeness (QED) is 0.0790. The monoisotopic (exact) mass is 926 g/mol. The van der Waals surface area contributed by atoms with Gasteiger partial charge in [0.25, 0.3) is 0 Å². The van der Waals surface area contributed by atoms with Crippen molar-refractivity contribution < 1.29 is 95.1 Å². The van der Waals surface area contributed by atoms with E-state index >= 15 is 0 Å². The van der Waals surface area contributed by atoms with E-state index in [0.29, 0.717) is 251 Å². The Balaban J connectivity index is 3.06. The molecular weight excluding hydrogens is 838 g/mol. The van der Waals surface area contributed by atoms with Gasteiger partial charge in [0.2, 0.25) is 0 Å².